The van der Waals surface area contributed by atoms with E-state index in [1.54, 1.807) is 0 Å². The quantitative estimate of drug-likeness (QED) is 0.335. The number of unbranched alkanes of at least 4 members (excludes halogenated alkanes) is 3. The first-order valence-electron chi connectivity index (χ1n) is 3.85. The molecular formula is C7H15NO2S. The monoisotopic (exact) mass is 177 g/mol. The molecule has 0 atom stereocenters. The first-order chi connectivity index (χ1) is 5.41. The Bertz CT molecular complexity index is 90.5. The van der Waals surface area contributed by atoms with Gasteiger partial charge in [0.2, 0.25) is 6.41 Å². The van der Waals surface area contributed by atoms with Crippen molar-refractivity contribution >= 4 is 18.5 Å². The van der Waals surface area contributed by atoms with Gasteiger partial charge in [-0.3, -0.25) is 4.79 Å². The van der Waals surface area contributed by atoms with E-state index < -0.39 is 0 Å². The summed E-state index contributed by atoms with van der Waals surface area (Å²) in [5, 5.41) is 2.60. The second-order valence-electron chi connectivity index (χ2n) is 2.32. The minimum absolute atomic E-state index is 0.726. The predicted molar refractivity (Wildman–Crippen MR) is 47.6 cm³/mol. The van der Waals surface area contributed by atoms with Crippen LogP contribution >= 0.6 is 12.0 Å². The zero-order chi connectivity index (χ0) is 8.36. The summed E-state index contributed by atoms with van der Waals surface area (Å²) < 4.78 is 8.37. The molecule has 0 aliphatic rings. The molecule has 1 amide bonds. The number of amides is 1. The number of hydrogen-bond donors (Lipinski definition) is 2. The molecule has 0 bridgehead atoms. The van der Waals surface area contributed by atoms with Crippen LogP contribution < -0.4 is 5.32 Å². The molecule has 0 aliphatic carbocycles. The summed E-state index contributed by atoms with van der Waals surface area (Å²) in [5.74, 6) is 0.821. The summed E-state index contributed by atoms with van der Waals surface area (Å²) in [6, 6.07) is 0. The zero-order valence-electron chi connectivity index (χ0n) is 6.58. The number of carbonyl (C=O) groups is 1. The van der Waals surface area contributed by atoms with Gasteiger partial charge in [-0.2, -0.15) is 0 Å². The molecule has 0 spiro atoms. The maximum absolute atomic E-state index is 9.79. The van der Waals surface area contributed by atoms with E-state index in [0.717, 1.165) is 56.4 Å². The van der Waals surface area contributed by atoms with Crippen molar-refractivity contribution in [2.24, 2.45) is 0 Å². The van der Waals surface area contributed by atoms with Gasteiger partial charge in [0.15, 0.2) is 0 Å². The molecule has 0 aromatic rings. The lowest BCUT2D eigenvalue weighted by atomic mass is 10.2. The maximum atomic E-state index is 9.79. The van der Waals surface area contributed by atoms with E-state index in [-0.39, 0.29) is 0 Å². The molecule has 0 aromatic carbocycles. The molecule has 4 heteroatoms. The first-order valence-corrected chi connectivity index (χ1v) is 4.79. The Hall–Kier alpha value is -0.220. The van der Waals surface area contributed by atoms with Gasteiger partial charge in [0, 0.05) is 12.3 Å². The molecule has 0 radical (unpaired) electrons. The maximum Gasteiger partial charge on any atom is 0.207 e. The minimum Gasteiger partial charge on any atom is -0.359 e. The third-order valence-electron chi connectivity index (χ3n) is 1.39. The largest absolute Gasteiger partial charge is 0.359 e. The zero-order valence-corrected chi connectivity index (χ0v) is 7.40. The first kappa shape index (κ1) is 10.8. The Labute approximate surface area is 71.8 Å². The lowest BCUT2D eigenvalue weighted by Crippen LogP contribution is -2.11. The highest BCUT2D eigenvalue weighted by atomic mass is 32.2. The van der Waals surface area contributed by atoms with Crippen molar-refractivity contribution in [1.29, 1.82) is 0 Å². The summed E-state index contributed by atoms with van der Waals surface area (Å²) in [6.07, 6.45) is 5.08. The van der Waals surface area contributed by atoms with E-state index in [4.69, 9.17) is 4.55 Å². The average molecular weight is 177 g/mol. The fourth-order valence-electron chi connectivity index (χ4n) is 0.806. The van der Waals surface area contributed by atoms with E-state index in [9.17, 15) is 4.79 Å². The lowest BCUT2D eigenvalue weighted by Gasteiger charge is -1.98. The number of nitrogens with one attached hydrogen (secondary N) is 1. The van der Waals surface area contributed by atoms with E-state index in [1.165, 1.54) is 0 Å². The fourth-order valence-corrected chi connectivity index (χ4v) is 1.14. The van der Waals surface area contributed by atoms with Crippen LogP contribution in [0.4, 0.5) is 0 Å². The van der Waals surface area contributed by atoms with Crippen molar-refractivity contribution in [2.75, 3.05) is 12.3 Å². The van der Waals surface area contributed by atoms with Crippen molar-refractivity contribution in [2.45, 2.75) is 25.7 Å². The van der Waals surface area contributed by atoms with Crippen molar-refractivity contribution in [1.82, 2.24) is 5.32 Å². The molecule has 3 nitrogen and oxygen atoms in total. The molecule has 0 unspecified atom stereocenters. The van der Waals surface area contributed by atoms with Crippen LogP contribution in [0.25, 0.3) is 0 Å². The number of carbonyl (C=O) groups excluding carboxylic acids is 1. The molecule has 0 saturated heterocycles. The van der Waals surface area contributed by atoms with Crippen LogP contribution in [0.15, 0.2) is 0 Å². The van der Waals surface area contributed by atoms with Crippen LogP contribution in [0.2, 0.25) is 0 Å². The van der Waals surface area contributed by atoms with Crippen molar-refractivity contribution in [3.8, 4) is 0 Å². The van der Waals surface area contributed by atoms with E-state index >= 15 is 0 Å². The third kappa shape index (κ3) is 9.78. The Morgan fingerprint density at radius 3 is 2.64 bits per heavy atom. The standard InChI is InChI=1S/C7H15NO2S/c9-7-8-5-3-1-2-4-6-11-10/h7,10H,1-6H2,(H,8,9). The van der Waals surface area contributed by atoms with Crippen LogP contribution in [0.1, 0.15) is 25.7 Å². The summed E-state index contributed by atoms with van der Waals surface area (Å²) in [5.41, 5.74) is 0. The third-order valence-corrected chi connectivity index (χ3v) is 1.86. The highest BCUT2D eigenvalue weighted by molar-refractivity contribution is 7.93. The van der Waals surface area contributed by atoms with Crippen LogP contribution in [0.3, 0.4) is 0 Å². The molecule has 0 fully saturated rings. The van der Waals surface area contributed by atoms with Crippen molar-refractivity contribution in [3.05, 3.63) is 0 Å². The fraction of sp³-hybridized carbons (Fsp3) is 0.857. The summed E-state index contributed by atoms with van der Waals surface area (Å²) >= 11 is 0.898. The van der Waals surface area contributed by atoms with Gasteiger partial charge in [0.1, 0.15) is 0 Å². The molecule has 0 aliphatic heterocycles. The van der Waals surface area contributed by atoms with Crippen molar-refractivity contribution in [3.63, 3.8) is 0 Å². The normalized spacial score (nSPS) is 9.55. The van der Waals surface area contributed by atoms with Gasteiger partial charge in [0.25, 0.3) is 0 Å². The molecule has 0 rings (SSSR count). The SMILES string of the molecule is O=CNCCCCCCSO. The van der Waals surface area contributed by atoms with Crippen LogP contribution in [-0.2, 0) is 4.79 Å². The highest BCUT2D eigenvalue weighted by Crippen LogP contribution is 2.03. The topological polar surface area (TPSA) is 49.3 Å². The predicted octanol–water partition coefficient (Wildman–Crippen LogP) is 1.50. The number of rotatable bonds is 8. The number of hydrogen-bond acceptors (Lipinski definition) is 3. The van der Waals surface area contributed by atoms with E-state index in [0.29, 0.717) is 0 Å². The Kier molecular flexibility index (Phi) is 9.58. The summed E-state index contributed by atoms with van der Waals surface area (Å²) in [4.78, 5) is 9.79. The van der Waals surface area contributed by atoms with Gasteiger partial charge in [0.05, 0.1) is 0 Å². The van der Waals surface area contributed by atoms with Gasteiger partial charge < -0.3 is 9.87 Å². The van der Waals surface area contributed by atoms with Crippen LogP contribution in [-0.4, -0.2) is 23.3 Å². The Morgan fingerprint density at radius 1 is 1.27 bits per heavy atom. The molecule has 2 N–H and O–H groups in total. The average Bonchev–Trinajstić information content (AvgIpc) is 2.03. The molecular weight excluding hydrogens is 162 g/mol. The van der Waals surface area contributed by atoms with E-state index in [1.807, 2.05) is 0 Å². The van der Waals surface area contributed by atoms with Gasteiger partial charge >= 0.3 is 0 Å². The second-order valence-corrected chi connectivity index (χ2v) is 2.99. The van der Waals surface area contributed by atoms with Gasteiger partial charge in [-0.1, -0.05) is 12.8 Å². The smallest absolute Gasteiger partial charge is 0.207 e. The highest BCUT2D eigenvalue weighted by Gasteiger charge is 1.88. The molecule has 0 saturated carbocycles. The van der Waals surface area contributed by atoms with Gasteiger partial charge in [-0.05, 0) is 24.9 Å². The van der Waals surface area contributed by atoms with Gasteiger partial charge in [-0.15, -0.1) is 0 Å². The minimum atomic E-state index is 0.726. The molecule has 0 heterocycles. The Balaban J connectivity index is 2.74. The summed E-state index contributed by atoms with van der Waals surface area (Å²) in [7, 11) is 0. The van der Waals surface area contributed by atoms with Gasteiger partial charge in [-0.25, -0.2) is 0 Å². The second kappa shape index (κ2) is 9.78. The van der Waals surface area contributed by atoms with Crippen molar-refractivity contribution < 1.29 is 9.35 Å². The van der Waals surface area contributed by atoms with Crippen LogP contribution in [0.5, 0.6) is 0 Å². The van der Waals surface area contributed by atoms with Crippen LogP contribution in [0, 0.1) is 0 Å². The summed E-state index contributed by atoms with van der Waals surface area (Å²) in [6.45, 7) is 0.774. The lowest BCUT2D eigenvalue weighted by molar-refractivity contribution is -0.109. The van der Waals surface area contributed by atoms with E-state index in [2.05, 4.69) is 5.32 Å². The molecule has 0 aromatic heterocycles. The molecule has 66 valence electrons. The Morgan fingerprint density at radius 2 is 2.00 bits per heavy atom. The molecule has 11 heavy (non-hydrogen) atoms.